The summed E-state index contributed by atoms with van der Waals surface area (Å²) in [4.78, 5) is 29.7. The van der Waals surface area contributed by atoms with Gasteiger partial charge in [0.25, 0.3) is 11.8 Å². The minimum atomic E-state index is -0.242. The lowest BCUT2D eigenvalue weighted by Gasteiger charge is -2.23. The standard InChI is InChI=1S/C31H22ClN3O2S/c32-25-18-21(33-30(36)23-10-3-2-9-22(23)29-14-7-17-38-29)15-16-24(25)31(37)35-19-20-8-1-4-11-26(20)34-27-12-5-6-13-28(27)35/h1-18,34H,19H2,(H,33,36). The highest BCUT2D eigenvalue weighted by molar-refractivity contribution is 7.13. The average molecular weight is 536 g/mol. The Hall–Kier alpha value is -4.39. The Morgan fingerprint density at radius 1 is 0.816 bits per heavy atom. The molecule has 0 atom stereocenters. The summed E-state index contributed by atoms with van der Waals surface area (Å²) >= 11 is 8.22. The molecule has 0 bridgehead atoms. The van der Waals surface area contributed by atoms with E-state index >= 15 is 0 Å². The minimum Gasteiger partial charge on any atom is -0.354 e. The fourth-order valence-electron chi connectivity index (χ4n) is 4.61. The van der Waals surface area contributed by atoms with Crippen LogP contribution < -0.4 is 15.5 Å². The number of para-hydroxylation sites is 3. The van der Waals surface area contributed by atoms with E-state index in [1.807, 2.05) is 84.2 Å². The molecule has 2 N–H and O–H groups in total. The second-order valence-electron chi connectivity index (χ2n) is 8.86. The van der Waals surface area contributed by atoms with Gasteiger partial charge < -0.3 is 15.5 Å². The molecule has 186 valence electrons. The van der Waals surface area contributed by atoms with Crippen LogP contribution in [0.15, 0.2) is 109 Å². The molecule has 1 aliphatic heterocycles. The zero-order valence-corrected chi connectivity index (χ0v) is 21.7. The van der Waals surface area contributed by atoms with Crippen LogP contribution in [-0.4, -0.2) is 11.8 Å². The molecule has 0 saturated carbocycles. The van der Waals surface area contributed by atoms with E-state index in [4.69, 9.17) is 11.6 Å². The van der Waals surface area contributed by atoms with Crippen molar-refractivity contribution >= 4 is 57.5 Å². The summed E-state index contributed by atoms with van der Waals surface area (Å²) in [6.07, 6.45) is 0. The Morgan fingerprint density at radius 2 is 1.58 bits per heavy atom. The number of nitrogens with zero attached hydrogens (tertiary/aromatic N) is 1. The Balaban J connectivity index is 1.28. The zero-order valence-electron chi connectivity index (χ0n) is 20.1. The normalized spacial score (nSPS) is 12.1. The third-order valence-corrected chi connectivity index (χ3v) is 7.69. The monoisotopic (exact) mass is 535 g/mol. The van der Waals surface area contributed by atoms with E-state index in [1.165, 1.54) is 0 Å². The number of halogens is 1. The third-order valence-electron chi connectivity index (χ3n) is 6.47. The van der Waals surface area contributed by atoms with Crippen LogP contribution in [0, 0.1) is 0 Å². The molecule has 0 unspecified atom stereocenters. The van der Waals surface area contributed by atoms with Crippen molar-refractivity contribution in [1.82, 2.24) is 0 Å². The van der Waals surface area contributed by atoms with Crippen molar-refractivity contribution in [3.63, 3.8) is 0 Å². The summed E-state index contributed by atoms with van der Waals surface area (Å²) in [5, 5.41) is 8.62. The highest BCUT2D eigenvalue weighted by Gasteiger charge is 2.26. The predicted molar refractivity (Wildman–Crippen MR) is 156 cm³/mol. The predicted octanol–water partition coefficient (Wildman–Crippen LogP) is 8.22. The topological polar surface area (TPSA) is 61.4 Å². The highest BCUT2D eigenvalue weighted by Crippen LogP contribution is 2.37. The van der Waals surface area contributed by atoms with Gasteiger partial charge >= 0.3 is 0 Å². The van der Waals surface area contributed by atoms with Gasteiger partial charge in [-0.3, -0.25) is 9.59 Å². The first-order valence-electron chi connectivity index (χ1n) is 12.1. The molecular weight excluding hydrogens is 514 g/mol. The number of amides is 2. The maximum Gasteiger partial charge on any atom is 0.260 e. The lowest BCUT2D eigenvalue weighted by molar-refractivity contribution is 0.0984. The van der Waals surface area contributed by atoms with Crippen molar-refractivity contribution < 1.29 is 9.59 Å². The Morgan fingerprint density at radius 3 is 2.39 bits per heavy atom. The van der Waals surface area contributed by atoms with E-state index < -0.39 is 0 Å². The van der Waals surface area contributed by atoms with Gasteiger partial charge in [0.1, 0.15) is 0 Å². The summed E-state index contributed by atoms with van der Waals surface area (Å²) in [5.41, 5.74) is 5.88. The summed E-state index contributed by atoms with van der Waals surface area (Å²) in [6.45, 7) is 0.396. The molecule has 0 fully saturated rings. The van der Waals surface area contributed by atoms with Crippen LogP contribution in [0.5, 0.6) is 0 Å². The van der Waals surface area contributed by atoms with Crippen molar-refractivity contribution in [2.24, 2.45) is 0 Å². The molecule has 1 aliphatic rings. The highest BCUT2D eigenvalue weighted by atomic mass is 35.5. The van der Waals surface area contributed by atoms with Crippen LogP contribution in [-0.2, 0) is 6.54 Å². The van der Waals surface area contributed by atoms with Gasteiger partial charge in [-0.2, -0.15) is 0 Å². The smallest absolute Gasteiger partial charge is 0.260 e. The molecule has 5 nitrogen and oxygen atoms in total. The van der Waals surface area contributed by atoms with Crippen molar-refractivity contribution in [2.75, 3.05) is 15.5 Å². The number of thiophene rings is 1. The summed E-state index contributed by atoms with van der Waals surface area (Å²) < 4.78 is 0. The number of hydrogen-bond donors (Lipinski definition) is 2. The lowest BCUT2D eigenvalue weighted by atomic mass is 10.1. The molecule has 0 aliphatic carbocycles. The van der Waals surface area contributed by atoms with Crippen LogP contribution in [0.2, 0.25) is 5.02 Å². The molecule has 38 heavy (non-hydrogen) atoms. The van der Waals surface area contributed by atoms with Gasteiger partial charge in [0.15, 0.2) is 0 Å². The fraction of sp³-hybridized carbons (Fsp3) is 0.0323. The summed E-state index contributed by atoms with van der Waals surface area (Å²) in [6, 6.07) is 32.1. The molecule has 1 aromatic heterocycles. The quantitative estimate of drug-likeness (QED) is 0.244. The van der Waals surface area contributed by atoms with Gasteiger partial charge in [-0.25, -0.2) is 0 Å². The van der Waals surface area contributed by atoms with Gasteiger partial charge in [-0.05, 0) is 59.5 Å². The van der Waals surface area contributed by atoms with Gasteiger partial charge in [0.2, 0.25) is 0 Å². The van der Waals surface area contributed by atoms with Crippen molar-refractivity contribution in [1.29, 1.82) is 0 Å². The SMILES string of the molecule is O=C(Nc1ccc(C(=O)N2Cc3ccccc3Nc3ccccc32)c(Cl)c1)c1ccccc1-c1cccs1. The van der Waals surface area contributed by atoms with Gasteiger partial charge in [-0.1, -0.05) is 66.2 Å². The molecule has 0 saturated heterocycles. The molecule has 2 amide bonds. The first kappa shape index (κ1) is 24.0. The number of rotatable bonds is 4. The number of fused-ring (bicyclic) bond motifs is 2. The number of hydrogen-bond acceptors (Lipinski definition) is 4. The summed E-state index contributed by atoms with van der Waals surface area (Å²) in [7, 11) is 0. The molecule has 0 radical (unpaired) electrons. The first-order chi connectivity index (χ1) is 18.6. The number of nitrogens with one attached hydrogen (secondary N) is 2. The van der Waals surface area contributed by atoms with Crippen molar-refractivity contribution in [2.45, 2.75) is 6.54 Å². The number of carbonyl (C=O) groups is 2. The van der Waals surface area contributed by atoms with Crippen LogP contribution >= 0.6 is 22.9 Å². The van der Waals surface area contributed by atoms with Crippen molar-refractivity contribution in [3.8, 4) is 10.4 Å². The van der Waals surface area contributed by atoms with Crippen LogP contribution in [0.3, 0.4) is 0 Å². The van der Waals surface area contributed by atoms with E-state index in [0.717, 1.165) is 33.1 Å². The van der Waals surface area contributed by atoms with Crippen LogP contribution in [0.1, 0.15) is 26.3 Å². The molecule has 4 aromatic carbocycles. The van der Waals surface area contributed by atoms with Crippen LogP contribution in [0.25, 0.3) is 10.4 Å². The Bertz CT molecular complexity index is 1670. The largest absolute Gasteiger partial charge is 0.354 e. The third kappa shape index (κ3) is 4.56. The molecule has 5 aromatic rings. The van der Waals surface area contributed by atoms with E-state index in [2.05, 4.69) is 10.6 Å². The number of carbonyl (C=O) groups excluding carboxylic acids is 2. The minimum absolute atomic E-state index is 0.220. The van der Waals surface area contributed by atoms with Gasteiger partial charge in [-0.15, -0.1) is 11.3 Å². The maximum absolute atomic E-state index is 13.8. The second-order valence-corrected chi connectivity index (χ2v) is 10.2. The fourth-order valence-corrected chi connectivity index (χ4v) is 5.64. The Kier molecular flexibility index (Phi) is 6.42. The van der Waals surface area contributed by atoms with E-state index in [1.54, 1.807) is 40.5 Å². The zero-order chi connectivity index (χ0) is 26.1. The number of anilines is 4. The first-order valence-corrected chi connectivity index (χ1v) is 13.3. The van der Waals surface area contributed by atoms with Crippen LogP contribution in [0.4, 0.5) is 22.7 Å². The van der Waals surface area contributed by atoms with Gasteiger partial charge in [0.05, 0.1) is 28.5 Å². The number of benzene rings is 4. The van der Waals surface area contributed by atoms with E-state index in [9.17, 15) is 9.59 Å². The van der Waals surface area contributed by atoms with Crippen molar-refractivity contribution in [3.05, 3.63) is 130 Å². The molecule has 7 heteroatoms. The van der Waals surface area contributed by atoms with E-state index in [-0.39, 0.29) is 16.8 Å². The molecule has 2 heterocycles. The molecular formula is C31H22ClN3O2S. The van der Waals surface area contributed by atoms with E-state index in [0.29, 0.717) is 23.4 Å². The average Bonchev–Trinajstić information content (AvgIpc) is 3.42. The second kappa shape index (κ2) is 10.2. The lowest BCUT2D eigenvalue weighted by Crippen LogP contribution is -2.30. The maximum atomic E-state index is 13.8. The molecule has 6 rings (SSSR count). The van der Waals surface area contributed by atoms with Gasteiger partial charge in [0, 0.05) is 27.4 Å². The molecule has 0 spiro atoms. The summed E-state index contributed by atoms with van der Waals surface area (Å²) in [5.74, 6) is -0.463. The Labute approximate surface area is 229 Å².